The van der Waals surface area contributed by atoms with Crippen LogP contribution < -0.4 is 24.3 Å². The topological polar surface area (TPSA) is 104 Å². The minimum absolute atomic E-state index is 0.257. The number of nitrogens with zero attached hydrogens (tertiary/aromatic N) is 3. The molecule has 1 N–H and O–H groups in total. The Morgan fingerprint density at radius 2 is 1.70 bits per heavy atom. The number of rotatable bonds is 11. The molecule has 4 aromatic rings. The Balaban J connectivity index is 0.000000359. The van der Waals surface area contributed by atoms with Crippen molar-refractivity contribution >= 4 is 22.9 Å². The van der Waals surface area contributed by atoms with Crippen molar-refractivity contribution in [3.8, 4) is 28.7 Å². The van der Waals surface area contributed by atoms with Gasteiger partial charge in [0.2, 0.25) is 0 Å². The number of hydrogen-bond acceptors (Lipinski definition) is 10. The summed E-state index contributed by atoms with van der Waals surface area (Å²) >= 11 is 0. The predicted octanol–water partition coefficient (Wildman–Crippen LogP) is 5.36. The van der Waals surface area contributed by atoms with Crippen LogP contribution in [0.1, 0.15) is 16.8 Å². The normalized spacial score (nSPS) is 13.0. The lowest BCUT2D eigenvalue weighted by Crippen LogP contribution is -2.37. The van der Waals surface area contributed by atoms with E-state index in [2.05, 4.69) is 20.2 Å². The van der Waals surface area contributed by atoms with Gasteiger partial charge < -0.3 is 29.0 Å². The Kier molecular flexibility index (Phi) is 11.4. The highest BCUT2D eigenvalue weighted by atomic mass is 19.1. The second kappa shape index (κ2) is 15.6. The standard InChI is InChI=1S/C24H27F2N3O4.C7H7NO2/c1-27-16-12-18(25)24(19(26)13-16)33-21-4-5-28-20-15-23(22(30-2)14-17(20)21)32-9-3-6-29-7-10-31-11-8-29;1-10-7-2-3-8-4-6(7)5-9/h4-5,12-15,27H,3,6-11H2,1-2H3;2-5H,1H3. The molecule has 0 atom stereocenters. The summed E-state index contributed by atoms with van der Waals surface area (Å²) in [6.07, 6.45) is 6.13. The van der Waals surface area contributed by atoms with E-state index in [0.717, 1.165) is 39.3 Å². The van der Waals surface area contributed by atoms with E-state index in [0.29, 0.717) is 52.3 Å². The molecule has 1 aliphatic rings. The third-order valence-electron chi connectivity index (χ3n) is 6.62. The van der Waals surface area contributed by atoms with Crippen molar-refractivity contribution in [3.05, 3.63) is 72.2 Å². The van der Waals surface area contributed by atoms with E-state index in [-0.39, 0.29) is 5.75 Å². The second-order valence-corrected chi connectivity index (χ2v) is 9.34. The maximum absolute atomic E-state index is 14.4. The molecular weight excluding hydrogens is 562 g/mol. The average Bonchev–Trinajstić information content (AvgIpc) is 3.05. The van der Waals surface area contributed by atoms with Gasteiger partial charge in [-0.3, -0.25) is 19.7 Å². The lowest BCUT2D eigenvalue weighted by Gasteiger charge is -2.26. The van der Waals surface area contributed by atoms with Gasteiger partial charge in [0.1, 0.15) is 11.5 Å². The largest absolute Gasteiger partial charge is 0.496 e. The molecule has 2 aromatic carbocycles. The number of fused-ring (bicyclic) bond motifs is 1. The van der Waals surface area contributed by atoms with E-state index in [9.17, 15) is 13.6 Å². The Bertz CT molecular complexity index is 1490. The molecule has 0 saturated carbocycles. The minimum Gasteiger partial charge on any atom is -0.496 e. The van der Waals surface area contributed by atoms with Crippen LogP contribution in [0, 0.1) is 11.6 Å². The lowest BCUT2D eigenvalue weighted by atomic mass is 10.1. The highest BCUT2D eigenvalue weighted by Crippen LogP contribution is 2.38. The van der Waals surface area contributed by atoms with Crippen LogP contribution in [-0.2, 0) is 4.74 Å². The van der Waals surface area contributed by atoms with Crippen LogP contribution in [-0.4, -0.2) is 81.9 Å². The Hall–Kier alpha value is -4.55. The number of nitrogens with one attached hydrogen (secondary N) is 1. The number of methoxy groups -OCH3 is 2. The van der Waals surface area contributed by atoms with Gasteiger partial charge in [-0.1, -0.05) is 0 Å². The van der Waals surface area contributed by atoms with Crippen molar-refractivity contribution in [2.75, 3.05) is 66.0 Å². The molecule has 43 heavy (non-hydrogen) atoms. The summed E-state index contributed by atoms with van der Waals surface area (Å²) in [6, 6.07) is 8.98. The Labute approximate surface area is 248 Å². The first-order chi connectivity index (χ1) is 21.0. The predicted molar refractivity (Wildman–Crippen MR) is 158 cm³/mol. The molecule has 1 fully saturated rings. The maximum atomic E-state index is 14.4. The minimum atomic E-state index is -0.809. The van der Waals surface area contributed by atoms with E-state index in [4.69, 9.17) is 23.7 Å². The first-order valence-electron chi connectivity index (χ1n) is 13.6. The van der Waals surface area contributed by atoms with Gasteiger partial charge in [-0.25, -0.2) is 8.78 Å². The third kappa shape index (κ3) is 8.27. The number of aromatic nitrogens is 2. The fraction of sp³-hybridized carbons (Fsp3) is 0.323. The number of anilines is 1. The molecular formula is C31H34F2N4O6. The van der Waals surface area contributed by atoms with Crippen molar-refractivity contribution in [2.24, 2.45) is 0 Å². The zero-order valence-corrected chi connectivity index (χ0v) is 24.3. The SMILES string of the molecule is CNc1cc(F)c(Oc2ccnc3cc(OCCCN4CCOCC4)c(OC)cc23)c(F)c1.COc1ccncc1C=O. The molecule has 12 heteroatoms. The van der Waals surface area contributed by atoms with Crippen molar-refractivity contribution in [2.45, 2.75) is 6.42 Å². The molecule has 1 saturated heterocycles. The molecule has 10 nitrogen and oxygen atoms in total. The van der Waals surface area contributed by atoms with Crippen LogP contribution in [0.4, 0.5) is 14.5 Å². The zero-order chi connectivity index (χ0) is 30.6. The fourth-order valence-electron chi connectivity index (χ4n) is 4.36. The van der Waals surface area contributed by atoms with E-state index in [1.165, 1.54) is 38.7 Å². The van der Waals surface area contributed by atoms with Crippen LogP contribution in [0.2, 0.25) is 0 Å². The van der Waals surface area contributed by atoms with Crippen molar-refractivity contribution in [1.29, 1.82) is 0 Å². The molecule has 0 amide bonds. The van der Waals surface area contributed by atoms with Crippen molar-refractivity contribution in [3.63, 3.8) is 0 Å². The monoisotopic (exact) mass is 596 g/mol. The summed E-state index contributed by atoms with van der Waals surface area (Å²) in [6.45, 7) is 4.85. The number of aldehydes is 1. The number of morpholine rings is 1. The van der Waals surface area contributed by atoms with Gasteiger partial charge in [-0.15, -0.1) is 0 Å². The quantitative estimate of drug-likeness (QED) is 0.180. The molecule has 0 radical (unpaired) electrons. The van der Waals surface area contributed by atoms with E-state index < -0.39 is 17.4 Å². The summed E-state index contributed by atoms with van der Waals surface area (Å²) in [7, 11) is 4.64. The zero-order valence-electron chi connectivity index (χ0n) is 24.3. The maximum Gasteiger partial charge on any atom is 0.198 e. The van der Waals surface area contributed by atoms with Crippen LogP contribution in [0.15, 0.2) is 55.0 Å². The van der Waals surface area contributed by atoms with Crippen LogP contribution >= 0.6 is 0 Å². The van der Waals surface area contributed by atoms with Gasteiger partial charge in [0.15, 0.2) is 35.2 Å². The first-order valence-corrected chi connectivity index (χ1v) is 13.6. The van der Waals surface area contributed by atoms with Crippen molar-refractivity contribution < 1.29 is 37.3 Å². The van der Waals surface area contributed by atoms with Gasteiger partial charge in [-0.2, -0.15) is 0 Å². The van der Waals surface area contributed by atoms with Gasteiger partial charge in [-0.05, 0) is 24.6 Å². The number of halogens is 2. The molecule has 228 valence electrons. The number of carbonyl (C=O) groups excluding carboxylic acids is 1. The third-order valence-corrected chi connectivity index (χ3v) is 6.62. The smallest absolute Gasteiger partial charge is 0.198 e. The summed E-state index contributed by atoms with van der Waals surface area (Å²) in [4.78, 5) is 20.7. The molecule has 0 unspecified atom stereocenters. The summed E-state index contributed by atoms with van der Waals surface area (Å²) in [5, 5.41) is 3.25. The number of hydrogen-bond donors (Lipinski definition) is 1. The van der Waals surface area contributed by atoms with Gasteiger partial charge in [0.05, 0.1) is 45.1 Å². The Morgan fingerprint density at radius 1 is 0.977 bits per heavy atom. The number of ether oxygens (including phenoxy) is 5. The molecule has 0 spiro atoms. The van der Waals surface area contributed by atoms with Gasteiger partial charge >= 0.3 is 0 Å². The Morgan fingerprint density at radius 3 is 2.35 bits per heavy atom. The molecule has 3 heterocycles. The summed E-state index contributed by atoms with van der Waals surface area (Å²) < 4.78 is 56.2. The van der Waals surface area contributed by atoms with Crippen LogP contribution in [0.25, 0.3) is 10.9 Å². The summed E-state index contributed by atoms with van der Waals surface area (Å²) in [5.41, 5.74) is 1.35. The number of pyridine rings is 2. The highest BCUT2D eigenvalue weighted by Gasteiger charge is 2.17. The van der Waals surface area contributed by atoms with Crippen LogP contribution in [0.3, 0.4) is 0 Å². The van der Waals surface area contributed by atoms with E-state index in [1.807, 2.05) is 0 Å². The summed E-state index contributed by atoms with van der Waals surface area (Å²) in [5.74, 6) is -0.250. The molecule has 0 bridgehead atoms. The fourth-order valence-corrected chi connectivity index (χ4v) is 4.36. The molecule has 2 aromatic heterocycles. The number of carbonyl (C=O) groups is 1. The van der Waals surface area contributed by atoms with E-state index >= 15 is 0 Å². The van der Waals surface area contributed by atoms with Gasteiger partial charge in [0.25, 0.3) is 0 Å². The average molecular weight is 597 g/mol. The number of benzene rings is 2. The highest BCUT2D eigenvalue weighted by molar-refractivity contribution is 5.88. The lowest BCUT2D eigenvalue weighted by molar-refractivity contribution is 0.0357. The van der Waals surface area contributed by atoms with Crippen molar-refractivity contribution in [1.82, 2.24) is 14.9 Å². The second-order valence-electron chi connectivity index (χ2n) is 9.34. The van der Waals surface area contributed by atoms with E-state index in [1.54, 1.807) is 37.5 Å². The molecule has 5 rings (SSSR count). The first kappa shape index (κ1) is 31.4. The van der Waals surface area contributed by atoms with Gasteiger partial charge in [0, 0.05) is 74.5 Å². The van der Waals surface area contributed by atoms with Crippen LogP contribution in [0.5, 0.6) is 28.7 Å². The molecule has 0 aliphatic carbocycles. The molecule has 1 aliphatic heterocycles.